The molecule has 1 aromatic carbocycles. The van der Waals surface area contributed by atoms with Crippen LogP contribution in [0.5, 0.6) is 0 Å². The van der Waals surface area contributed by atoms with Crippen molar-refractivity contribution in [1.82, 2.24) is 0 Å². The highest BCUT2D eigenvalue weighted by Gasteiger charge is 2.18. The van der Waals surface area contributed by atoms with E-state index in [2.05, 4.69) is 5.32 Å². The third-order valence-corrected chi connectivity index (χ3v) is 2.67. The number of nitrogens with zero attached hydrogens (tertiary/aromatic N) is 1. The lowest BCUT2D eigenvalue weighted by molar-refractivity contribution is -0.608. The van der Waals surface area contributed by atoms with Crippen LogP contribution in [0.4, 0.5) is 5.69 Å². The second-order valence-corrected chi connectivity index (χ2v) is 4.41. The van der Waals surface area contributed by atoms with E-state index in [9.17, 15) is 14.8 Å². The molecule has 0 radical (unpaired) electrons. The Labute approximate surface area is 121 Å². The summed E-state index contributed by atoms with van der Waals surface area (Å²) in [5, 5.41) is 14.0. The third kappa shape index (κ3) is 4.04. The Morgan fingerprint density at radius 3 is 2.76 bits per heavy atom. The molecule has 0 bridgehead atoms. The molecule has 0 atom stereocenters. The minimum atomic E-state index is -0.843. The van der Waals surface area contributed by atoms with E-state index in [1.54, 1.807) is 18.2 Å². The predicted octanol–water partition coefficient (Wildman–Crippen LogP) is 1.42. The molecular weight excluding hydrogens is 272 g/mol. The summed E-state index contributed by atoms with van der Waals surface area (Å²) in [6, 6.07) is 11.6. The average molecular weight is 286 g/mol. The highest BCUT2D eigenvalue weighted by molar-refractivity contribution is 5.94. The number of hydrogen-bond acceptors (Lipinski definition) is 4. The van der Waals surface area contributed by atoms with Crippen molar-refractivity contribution < 1.29 is 19.1 Å². The van der Waals surface area contributed by atoms with Crippen molar-refractivity contribution in [2.24, 2.45) is 0 Å². The zero-order chi connectivity index (χ0) is 15.2. The van der Waals surface area contributed by atoms with Crippen LogP contribution in [0.1, 0.15) is 16.1 Å². The number of amides is 1. The van der Waals surface area contributed by atoms with Crippen molar-refractivity contribution in [3.05, 3.63) is 65.1 Å². The van der Waals surface area contributed by atoms with Crippen LogP contribution in [-0.4, -0.2) is 18.5 Å². The maximum Gasteiger partial charge on any atom is 0.405 e. The first-order valence-corrected chi connectivity index (χ1v) is 6.28. The Hall–Kier alpha value is -2.89. The number of ether oxygens (including phenoxy) is 1. The van der Waals surface area contributed by atoms with Crippen LogP contribution in [0.25, 0.3) is 0 Å². The number of nitrogens with one attached hydrogen (secondary N) is 1. The van der Waals surface area contributed by atoms with Gasteiger partial charge in [0.2, 0.25) is 0 Å². The molecule has 6 heteroatoms. The van der Waals surface area contributed by atoms with Crippen molar-refractivity contribution in [2.45, 2.75) is 6.92 Å². The number of aromatic nitrogens is 1. The van der Waals surface area contributed by atoms with Gasteiger partial charge in [-0.2, -0.15) is 4.73 Å². The van der Waals surface area contributed by atoms with Gasteiger partial charge in [0.15, 0.2) is 12.8 Å². The molecule has 1 aromatic heterocycles. The van der Waals surface area contributed by atoms with Gasteiger partial charge in [-0.15, -0.1) is 0 Å². The van der Waals surface area contributed by atoms with E-state index in [4.69, 9.17) is 4.74 Å². The van der Waals surface area contributed by atoms with Crippen molar-refractivity contribution in [2.75, 3.05) is 11.9 Å². The van der Waals surface area contributed by atoms with Crippen LogP contribution in [0.2, 0.25) is 0 Å². The molecule has 6 nitrogen and oxygen atoms in total. The number of rotatable bonds is 4. The van der Waals surface area contributed by atoms with Gasteiger partial charge >= 0.3 is 11.7 Å². The Bertz CT molecular complexity index is 670. The number of aryl methyl sites for hydroxylation is 1. The minimum absolute atomic E-state index is 0.166. The molecular formula is C15H14N2O4. The minimum Gasteiger partial charge on any atom is -0.618 e. The quantitative estimate of drug-likeness (QED) is 0.523. The predicted molar refractivity (Wildman–Crippen MR) is 75.5 cm³/mol. The summed E-state index contributed by atoms with van der Waals surface area (Å²) >= 11 is 0. The van der Waals surface area contributed by atoms with Crippen LogP contribution in [-0.2, 0) is 9.53 Å². The first-order valence-electron chi connectivity index (χ1n) is 6.28. The van der Waals surface area contributed by atoms with Crippen molar-refractivity contribution in [1.29, 1.82) is 0 Å². The lowest BCUT2D eigenvalue weighted by Crippen LogP contribution is -2.35. The zero-order valence-electron chi connectivity index (χ0n) is 11.4. The van der Waals surface area contributed by atoms with E-state index in [0.29, 0.717) is 10.4 Å². The largest absolute Gasteiger partial charge is 0.618 e. The molecule has 0 aliphatic rings. The van der Waals surface area contributed by atoms with Gasteiger partial charge in [-0.05, 0) is 30.7 Å². The van der Waals surface area contributed by atoms with Crippen LogP contribution in [0.15, 0.2) is 48.7 Å². The smallest absolute Gasteiger partial charge is 0.405 e. The van der Waals surface area contributed by atoms with Gasteiger partial charge in [0.25, 0.3) is 5.91 Å². The maximum absolute atomic E-state index is 11.7. The third-order valence-electron chi connectivity index (χ3n) is 2.67. The van der Waals surface area contributed by atoms with E-state index in [0.717, 1.165) is 5.56 Å². The molecule has 0 fully saturated rings. The monoisotopic (exact) mass is 286 g/mol. The second kappa shape index (κ2) is 6.51. The highest BCUT2D eigenvalue weighted by Crippen LogP contribution is 2.09. The van der Waals surface area contributed by atoms with Gasteiger partial charge in [0.05, 0.1) is 0 Å². The summed E-state index contributed by atoms with van der Waals surface area (Å²) in [7, 11) is 0. The topological polar surface area (TPSA) is 82.3 Å². The summed E-state index contributed by atoms with van der Waals surface area (Å²) in [5.41, 5.74) is 1.46. The summed E-state index contributed by atoms with van der Waals surface area (Å²) in [6.45, 7) is 1.44. The Balaban J connectivity index is 1.90. The molecule has 1 N–H and O–H groups in total. The van der Waals surface area contributed by atoms with Crippen molar-refractivity contribution in [3.63, 3.8) is 0 Å². The molecule has 1 heterocycles. The van der Waals surface area contributed by atoms with E-state index >= 15 is 0 Å². The lowest BCUT2D eigenvalue weighted by atomic mass is 10.2. The number of carbonyl (C=O) groups is 2. The first-order chi connectivity index (χ1) is 10.1. The number of hydrogen-bond donors (Lipinski definition) is 1. The van der Waals surface area contributed by atoms with Crippen LogP contribution in [0.3, 0.4) is 0 Å². The molecule has 0 unspecified atom stereocenters. The molecule has 2 aromatic rings. The Morgan fingerprint density at radius 2 is 2.05 bits per heavy atom. The number of carbonyl (C=O) groups excluding carboxylic acids is 2. The number of benzene rings is 1. The Kier molecular flexibility index (Phi) is 4.50. The fraction of sp³-hybridized carbons (Fsp3) is 0.133. The fourth-order valence-corrected chi connectivity index (χ4v) is 1.71. The van der Waals surface area contributed by atoms with Crippen molar-refractivity contribution in [3.8, 4) is 0 Å². The number of anilines is 1. The summed E-state index contributed by atoms with van der Waals surface area (Å²) < 4.78 is 5.19. The summed E-state index contributed by atoms with van der Waals surface area (Å²) in [6.07, 6.45) is 1.18. The van der Waals surface area contributed by atoms with Crippen LogP contribution in [0, 0.1) is 12.1 Å². The number of pyridine rings is 1. The molecule has 0 aliphatic carbocycles. The number of esters is 1. The SMILES string of the molecule is Cc1cccc(NC(=O)COC(=O)c2cccc[n+]2[O-])c1. The van der Waals surface area contributed by atoms with Gasteiger partial charge < -0.3 is 15.3 Å². The van der Waals surface area contributed by atoms with E-state index in [1.807, 2.05) is 13.0 Å². The van der Waals surface area contributed by atoms with E-state index in [-0.39, 0.29) is 5.69 Å². The normalized spacial score (nSPS) is 9.95. The fourth-order valence-electron chi connectivity index (χ4n) is 1.71. The molecule has 2 rings (SSSR count). The maximum atomic E-state index is 11.7. The summed E-state index contributed by atoms with van der Waals surface area (Å²) in [5.74, 6) is -1.31. The van der Waals surface area contributed by atoms with Crippen LogP contribution >= 0.6 is 0 Å². The molecule has 1 amide bonds. The molecule has 0 spiro atoms. The molecule has 108 valence electrons. The van der Waals surface area contributed by atoms with Gasteiger partial charge in [-0.1, -0.05) is 12.1 Å². The molecule has 0 aliphatic heterocycles. The molecule has 0 saturated heterocycles. The van der Waals surface area contributed by atoms with Gasteiger partial charge in [0.1, 0.15) is 0 Å². The van der Waals surface area contributed by atoms with Gasteiger partial charge in [-0.25, -0.2) is 4.79 Å². The van der Waals surface area contributed by atoms with Crippen molar-refractivity contribution >= 4 is 17.6 Å². The van der Waals surface area contributed by atoms with E-state index in [1.165, 1.54) is 24.4 Å². The molecule has 21 heavy (non-hydrogen) atoms. The lowest BCUT2D eigenvalue weighted by Gasteiger charge is -2.07. The van der Waals surface area contributed by atoms with E-state index < -0.39 is 18.5 Å². The average Bonchev–Trinajstić information content (AvgIpc) is 2.45. The zero-order valence-corrected chi connectivity index (χ0v) is 11.4. The van der Waals surface area contributed by atoms with Gasteiger partial charge in [-0.3, -0.25) is 4.79 Å². The Morgan fingerprint density at radius 1 is 1.24 bits per heavy atom. The standard InChI is InChI=1S/C15H14N2O4/c1-11-5-4-6-12(9-11)16-14(18)10-21-15(19)13-7-2-3-8-17(13)20/h2-9H,10H2,1H3,(H,16,18). The highest BCUT2D eigenvalue weighted by atomic mass is 16.5. The summed E-state index contributed by atoms with van der Waals surface area (Å²) in [4.78, 5) is 23.3. The molecule has 0 saturated carbocycles. The van der Waals surface area contributed by atoms with Gasteiger partial charge in [0, 0.05) is 17.8 Å². The first kappa shape index (κ1) is 14.5. The van der Waals surface area contributed by atoms with Crippen LogP contribution < -0.4 is 10.0 Å². The second-order valence-electron chi connectivity index (χ2n) is 4.41.